The Kier molecular flexibility index (Phi) is 5.05. The first-order valence-corrected chi connectivity index (χ1v) is 10.2. The zero-order valence-corrected chi connectivity index (χ0v) is 15.7. The van der Waals surface area contributed by atoms with Crippen molar-refractivity contribution in [2.24, 2.45) is 11.1 Å². The molecule has 0 radical (unpaired) electrons. The Balaban J connectivity index is 1.76. The van der Waals surface area contributed by atoms with Crippen LogP contribution in [0.4, 0.5) is 5.69 Å². The summed E-state index contributed by atoms with van der Waals surface area (Å²) < 4.78 is 23.1. The largest absolute Gasteiger partial charge is 0.339 e. The minimum absolute atomic E-state index is 0.0244. The number of primary sulfonamides is 1. The lowest BCUT2D eigenvalue weighted by Crippen LogP contribution is -2.57. The topological polar surface area (TPSA) is 113 Å². The van der Waals surface area contributed by atoms with Crippen molar-refractivity contribution < 1.29 is 18.0 Å². The lowest BCUT2D eigenvalue weighted by molar-refractivity contribution is -0.137. The Labute approximate surface area is 153 Å². The minimum Gasteiger partial charge on any atom is -0.339 e. The van der Waals surface area contributed by atoms with Gasteiger partial charge in [-0.2, -0.15) is 0 Å². The summed E-state index contributed by atoms with van der Waals surface area (Å²) in [4.78, 5) is 28.5. The Bertz CT molecular complexity index is 816. The number of amides is 2. The second kappa shape index (κ2) is 6.98. The van der Waals surface area contributed by atoms with Crippen LogP contribution in [0.15, 0.2) is 29.2 Å². The number of sulfonamides is 1. The molecule has 8 nitrogen and oxygen atoms in total. The van der Waals surface area contributed by atoms with E-state index in [9.17, 15) is 18.0 Å². The summed E-state index contributed by atoms with van der Waals surface area (Å²) in [5.41, 5.74) is 0.443. The third-order valence-electron chi connectivity index (χ3n) is 4.80. The monoisotopic (exact) mass is 380 g/mol. The molecule has 3 rings (SSSR count). The third-order valence-corrected chi connectivity index (χ3v) is 5.71. The van der Waals surface area contributed by atoms with Gasteiger partial charge >= 0.3 is 0 Å². The predicted molar refractivity (Wildman–Crippen MR) is 96.9 cm³/mol. The van der Waals surface area contributed by atoms with Crippen LogP contribution in [0, 0.1) is 5.92 Å². The molecule has 0 bridgehead atoms. The molecule has 142 valence electrons. The number of carbonyl (C=O) groups excluding carboxylic acids is 2. The number of nitrogens with one attached hydrogen (secondary N) is 1. The second-order valence-electron chi connectivity index (χ2n) is 7.16. The third kappa shape index (κ3) is 3.89. The fraction of sp³-hybridized carbons (Fsp3) is 0.529. The summed E-state index contributed by atoms with van der Waals surface area (Å²) in [6, 6.07) is 6.36. The normalized spacial score (nSPS) is 27.0. The van der Waals surface area contributed by atoms with E-state index in [0.717, 1.165) is 0 Å². The van der Waals surface area contributed by atoms with Gasteiger partial charge in [0.1, 0.15) is 0 Å². The zero-order chi connectivity index (χ0) is 19.1. The van der Waals surface area contributed by atoms with Gasteiger partial charge in [0.15, 0.2) is 0 Å². The number of hydrogen-bond donors (Lipinski definition) is 2. The highest BCUT2D eigenvalue weighted by molar-refractivity contribution is 7.89. The van der Waals surface area contributed by atoms with Crippen LogP contribution < -0.4 is 15.4 Å². The molecule has 2 amide bonds. The summed E-state index contributed by atoms with van der Waals surface area (Å²) in [7, 11) is -3.85. The molecule has 1 aromatic carbocycles. The molecule has 0 aromatic heterocycles. The highest BCUT2D eigenvalue weighted by Gasteiger charge is 2.38. The van der Waals surface area contributed by atoms with Gasteiger partial charge in [0.25, 0.3) is 0 Å². The number of nitrogens with two attached hydrogens (primary N) is 1. The Hall–Kier alpha value is -1.97. The maximum absolute atomic E-state index is 12.8. The average molecular weight is 380 g/mol. The molecule has 2 heterocycles. The molecule has 9 heteroatoms. The van der Waals surface area contributed by atoms with E-state index in [-0.39, 0.29) is 41.8 Å². The van der Waals surface area contributed by atoms with Gasteiger partial charge in [0.05, 0.1) is 10.8 Å². The highest BCUT2D eigenvalue weighted by atomic mass is 32.2. The summed E-state index contributed by atoms with van der Waals surface area (Å²) in [5.74, 6) is -0.632. The van der Waals surface area contributed by atoms with E-state index in [4.69, 9.17) is 5.14 Å². The molecule has 2 aliphatic heterocycles. The number of hydrogen-bond acceptors (Lipinski definition) is 5. The second-order valence-corrected chi connectivity index (χ2v) is 8.72. The Morgan fingerprint density at radius 1 is 1.19 bits per heavy atom. The van der Waals surface area contributed by atoms with Crippen molar-refractivity contribution in [1.29, 1.82) is 0 Å². The van der Waals surface area contributed by atoms with Gasteiger partial charge in [-0.3, -0.25) is 9.59 Å². The fourth-order valence-electron chi connectivity index (χ4n) is 3.72. The van der Waals surface area contributed by atoms with Crippen molar-refractivity contribution in [3.63, 3.8) is 0 Å². The van der Waals surface area contributed by atoms with Gasteiger partial charge in [-0.05, 0) is 32.0 Å². The van der Waals surface area contributed by atoms with Crippen LogP contribution in [0.2, 0.25) is 0 Å². The quantitative estimate of drug-likeness (QED) is 0.760. The maximum Gasteiger partial charge on any atom is 0.238 e. The SMILES string of the molecule is C[C@@H]1CN(C(=O)[C@H]2CC(=O)N(c3cccc(S(N)(=O)=O)c3)C2)C[C@H](C)N1. The summed E-state index contributed by atoms with van der Waals surface area (Å²) >= 11 is 0. The van der Waals surface area contributed by atoms with Crippen molar-refractivity contribution in [2.75, 3.05) is 24.5 Å². The van der Waals surface area contributed by atoms with Crippen LogP contribution in [-0.4, -0.2) is 56.9 Å². The van der Waals surface area contributed by atoms with Crippen molar-refractivity contribution >= 4 is 27.5 Å². The van der Waals surface area contributed by atoms with Crippen LogP contribution >= 0.6 is 0 Å². The van der Waals surface area contributed by atoms with Gasteiger partial charge < -0.3 is 15.1 Å². The molecular weight excluding hydrogens is 356 g/mol. The summed E-state index contributed by atoms with van der Waals surface area (Å²) in [5, 5.41) is 8.54. The van der Waals surface area contributed by atoms with Gasteiger partial charge in [-0.1, -0.05) is 6.07 Å². The van der Waals surface area contributed by atoms with E-state index in [1.54, 1.807) is 6.07 Å². The van der Waals surface area contributed by atoms with E-state index >= 15 is 0 Å². The number of rotatable bonds is 3. The molecule has 0 spiro atoms. The van der Waals surface area contributed by atoms with E-state index in [1.165, 1.54) is 23.1 Å². The number of nitrogens with zero attached hydrogens (tertiary/aromatic N) is 2. The number of benzene rings is 1. The lowest BCUT2D eigenvalue weighted by atomic mass is 10.0. The van der Waals surface area contributed by atoms with Crippen LogP contribution in [0.5, 0.6) is 0 Å². The van der Waals surface area contributed by atoms with Crippen molar-refractivity contribution in [3.8, 4) is 0 Å². The van der Waals surface area contributed by atoms with Crippen LogP contribution in [-0.2, 0) is 19.6 Å². The summed E-state index contributed by atoms with van der Waals surface area (Å²) in [6.45, 7) is 5.55. The molecule has 2 aliphatic rings. The summed E-state index contributed by atoms with van der Waals surface area (Å²) in [6.07, 6.45) is 0.130. The van der Waals surface area contributed by atoms with Crippen molar-refractivity contribution in [1.82, 2.24) is 10.2 Å². The van der Waals surface area contributed by atoms with Gasteiger partial charge in [-0.25, -0.2) is 13.6 Å². The molecule has 0 saturated carbocycles. The van der Waals surface area contributed by atoms with E-state index < -0.39 is 15.9 Å². The van der Waals surface area contributed by atoms with Gasteiger partial charge in [0.2, 0.25) is 21.8 Å². The van der Waals surface area contributed by atoms with Crippen molar-refractivity contribution in [2.45, 2.75) is 37.2 Å². The highest BCUT2D eigenvalue weighted by Crippen LogP contribution is 2.28. The smallest absolute Gasteiger partial charge is 0.238 e. The molecule has 3 N–H and O–H groups in total. The molecule has 2 fully saturated rings. The molecule has 0 aliphatic carbocycles. The van der Waals surface area contributed by atoms with Crippen molar-refractivity contribution in [3.05, 3.63) is 24.3 Å². The average Bonchev–Trinajstić information content (AvgIpc) is 2.94. The van der Waals surface area contributed by atoms with Crippen LogP contribution in [0.1, 0.15) is 20.3 Å². The molecule has 0 unspecified atom stereocenters. The molecular formula is C17H24N4O4S. The maximum atomic E-state index is 12.8. The van der Waals surface area contributed by atoms with E-state index in [0.29, 0.717) is 18.8 Å². The van der Waals surface area contributed by atoms with Crippen LogP contribution in [0.25, 0.3) is 0 Å². The number of anilines is 1. The van der Waals surface area contributed by atoms with Crippen LogP contribution in [0.3, 0.4) is 0 Å². The minimum atomic E-state index is -3.85. The van der Waals surface area contributed by atoms with Gasteiger partial charge in [-0.15, -0.1) is 0 Å². The first kappa shape index (κ1) is 18.8. The van der Waals surface area contributed by atoms with E-state index in [1.807, 2.05) is 18.7 Å². The predicted octanol–water partition coefficient (Wildman–Crippen LogP) is -0.104. The Morgan fingerprint density at radius 3 is 2.46 bits per heavy atom. The standard InChI is InChI=1S/C17H24N4O4S/c1-11-8-20(9-12(2)19-11)17(23)13-6-16(22)21(10-13)14-4-3-5-15(7-14)26(18,24)25/h3-5,7,11-13,19H,6,8-10H2,1-2H3,(H2,18,24,25)/t11-,12+,13-/m0/s1. The van der Waals surface area contributed by atoms with Gasteiger partial charge in [0, 0.05) is 43.8 Å². The Morgan fingerprint density at radius 2 is 1.85 bits per heavy atom. The molecule has 3 atom stereocenters. The molecule has 2 saturated heterocycles. The number of piperazine rings is 1. The zero-order valence-electron chi connectivity index (χ0n) is 14.9. The van der Waals surface area contributed by atoms with E-state index in [2.05, 4.69) is 5.32 Å². The lowest BCUT2D eigenvalue weighted by Gasteiger charge is -2.37. The first-order chi connectivity index (χ1) is 12.1. The molecule has 26 heavy (non-hydrogen) atoms. The fourth-order valence-corrected chi connectivity index (χ4v) is 4.27. The molecule has 1 aromatic rings. The first-order valence-electron chi connectivity index (χ1n) is 8.63. The number of carbonyl (C=O) groups is 2.